The average Bonchev–Trinajstić information content (AvgIpc) is 3.50. The molecular weight excluding hydrogens is 374 g/mol. The molecule has 0 N–H and O–H groups in total. The number of benzene rings is 1. The smallest absolute Gasteiger partial charge is 0.272 e. The number of hydrogen-bond acceptors (Lipinski definition) is 3. The summed E-state index contributed by atoms with van der Waals surface area (Å²) in [6.07, 6.45) is 12.4. The van der Waals surface area contributed by atoms with Crippen molar-refractivity contribution < 1.29 is 9.53 Å². The molecule has 30 heavy (non-hydrogen) atoms. The Bertz CT molecular complexity index is 886. The third-order valence-corrected chi connectivity index (χ3v) is 7.58. The zero-order valence-corrected chi connectivity index (χ0v) is 18.0. The first-order valence-electron chi connectivity index (χ1n) is 11.7. The topological polar surface area (TPSA) is 47.4 Å². The van der Waals surface area contributed by atoms with Crippen LogP contribution in [0.2, 0.25) is 0 Å². The molecular formula is C25H33N3O2. The largest absolute Gasteiger partial charge is 0.376 e. The van der Waals surface area contributed by atoms with Crippen LogP contribution in [0.15, 0.2) is 36.8 Å². The second-order valence-corrected chi connectivity index (χ2v) is 9.32. The maximum absolute atomic E-state index is 13.4. The van der Waals surface area contributed by atoms with Crippen molar-refractivity contribution in [2.45, 2.75) is 69.9 Å². The molecule has 3 aliphatic rings. The number of carbonyl (C=O) groups excluding carboxylic acids is 1. The van der Waals surface area contributed by atoms with Crippen LogP contribution in [0.25, 0.3) is 0 Å². The molecule has 5 heteroatoms. The Morgan fingerprint density at radius 1 is 1.13 bits per heavy atom. The average molecular weight is 408 g/mol. The summed E-state index contributed by atoms with van der Waals surface area (Å²) in [6.45, 7) is 4.56. The maximum Gasteiger partial charge on any atom is 0.272 e. The van der Waals surface area contributed by atoms with Gasteiger partial charge in [-0.15, -0.1) is 0 Å². The number of rotatable bonds is 4. The minimum absolute atomic E-state index is 0.0883. The molecule has 1 amide bonds. The van der Waals surface area contributed by atoms with Gasteiger partial charge >= 0.3 is 0 Å². The maximum atomic E-state index is 13.4. The molecule has 1 aromatic carbocycles. The van der Waals surface area contributed by atoms with Crippen LogP contribution in [0.5, 0.6) is 0 Å². The minimum Gasteiger partial charge on any atom is -0.376 e. The van der Waals surface area contributed by atoms with Crippen molar-refractivity contribution in [3.05, 3.63) is 53.6 Å². The monoisotopic (exact) mass is 407 g/mol. The van der Waals surface area contributed by atoms with Crippen molar-refractivity contribution in [1.29, 1.82) is 0 Å². The summed E-state index contributed by atoms with van der Waals surface area (Å²) in [6, 6.07) is 8.87. The van der Waals surface area contributed by atoms with Crippen LogP contribution in [0.1, 0.15) is 85.4 Å². The molecule has 160 valence electrons. The zero-order chi connectivity index (χ0) is 20.5. The van der Waals surface area contributed by atoms with Crippen LogP contribution >= 0.6 is 0 Å². The lowest BCUT2D eigenvalue weighted by molar-refractivity contribution is -0.0629. The van der Waals surface area contributed by atoms with Crippen LogP contribution in [0.3, 0.4) is 0 Å². The van der Waals surface area contributed by atoms with Gasteiger partial charge in [-0.3, -0.25) is 4.79 Å². The Balaban J connectivity index is 1.38. The lowest BCUT2D eigenvalue weighted by Gasteiger charge is -2.41. The number of nitrogens with zero attached hydrogens (tertiary/aromatic N) is 3. The lowest BCUT2D eigenvalue weighted by Crippen LogP contribution is -2.49. The van der Waals surface area contributed by atoms with Gasteiger partial charge in [0.1, 0.15) is 5.69 Å². The standard InChI is InChI=1S/C25H33N3O2/c1-18(21-10-4-5-11-22(21)19-7-2-3-8-19)28-17-26-15-23(28)25(29)27-13-12-20-9-6-14-30-24(20)16-27/h4-5,10-11,15,17-20,24H,2-3,6-9,12-14,16H2,1H3/t18-,20?,24+/m0/s1. The van der Waals surface area contributed by atoms with Gasteiger partial charge in [-0.2, -0.15) is 0 Å². The molecule has 1 aliphatic carbocycles. The second kappa shape index (κ2) is 8.54. The number of piperidine rings is 1. The molecule has 2 aromatic rings. The molecule has 0 bridgehead atoms. The van der Waals surface area contributed by atoms with Crippen molar-refractivity contribution in [3.8, 4) is 0 Å². The van der Waals surface area contributed by atoms with Crippen molar-refractivity contribution in [2.75, 3.05) is 19.7 Å². The third-order valence-electron chi connectivity index (χ3n) is 7.58. The summed E-state index contributed by atoms with van der Waals surface area (Å²) in [4.78, 5) is 19.8. The summed E-state index contributed by atoms with van der Waals surface area (Å²) >= 11 is 0. The molecule has 1 saturated carbocycles. The van der Waals surface area contributed by atoms with Crippen LogP contribution in [-0.2, 0) is 4.74 Å². The van der Waals surface area contributed by atoms with E-state index in [1.165, 1.54) is 43.2 Å². The van der Waals surface area contributed by atoms with E-state index in [9.17, 15) is 4.79 Å². The van der Waals surface area contributed by atoms with Gasteiger partial charge in [-0.25, -0.2) is 4.98 Å². The summed E-state index contributed by atoms with van der Waals surface area (Å²) in [7, 11) is 0. The second-order valence-electron chi connectivity index (χ2n) is 9.32. The van der Waals surface area contributed by atoms with E-state index in [-0.39, 0.29) is 18.1 Å². The molecule has 2 aliphatic heterocycles. The first-order chi connectivity index (χ1) is 14.7. The van der Waals surface area contributed by atoms with E-state index in [1.807, 2.05) is 11.2 Å². The highest BCUT2D eigenvalue weighted by atomic mass is 16.5. The molecule has 5 nitrogen and oxygen atoms in total. The number of aromatic nitrogens is 2. The van der Waals surface area contributed by atoms with Gasteiger partial charge in [-0.1, -0.05) is 37.1 Å². The Kier molecular flexibility index (Phi) is 5.64. The van der Waals surface area contributed by atoms with E-state index in [0.29, 0.717) is 24.1 Å². The van der Waals surface area contributed by atoms with E-state index < -0.39 is 0 Å². The van der Waals surface area contributed by atoms with E-state index in [1.54, 1.807) is 6.20 Å². The van der Waals surface area contributed by atoms with E-state index >= 15 is 0 Å². The fourth-order valence-corrected chi connectivity index (χ4v) is 5.84. The van der Waals surface area contributed by atoms with Gasteiger partial charge in [0.25, 0.3) is 5.91 Å². The zero-order valence-electron chi connectivity index (χ0n) is 18.0. The quantitative estimate of drug-likeness (QED) is 0.732. The van der Waals surface area contributed by atoms with Gasteiger partial charge in [0.2, 0.25) is 0 Å². The third kappa shape index (κ3) is 3.68. The van der Waals surface area contributed by atoms with Gasteiger partial charge in [-0.05, 0) is 62.0 Å². The highest BCUT2D eigenvalue weighted by molar-refractivity contribution is 5.92. The summed E-state index contributed by atoms with van der Waals surface area (Å²) < 4.78 is 8.06. The number of ether oxygens (including phenoxy) is 1. The van der Waals surface area contributed by atoms with Gasteiger partial charge in [0, 0.05) is 19.7 Å². The number of fused-ring (bicyclic) bond motifs is 1. The molecule has 0 spiro atoms. The molecule has 0 radical (unpaired) electrons. The Morgan fingerprint density at radius 2 is 1.97 bits per heavy atom. The first-order valence-corrected chi connectivity index (χ1v) is 11.7. The number of hydrogen-bond donors (Lipinski definition) is 0. The Labute approximate surface area is 179 Å². The molecule has 1 aromatic heterocycles. The summed E-state index contributed by atoms with van der Waals surface area (Å²) in [5.74, 6) is 1.35. The number of carbonyl (C=O) groups is 1. The van der Waals surface area contributed by atoms with Gasteiger partial charge in [0.05, 0.1) is 24.7 Å². The predicted molar refractivity (Wildman–Crippen MR) is 117 cm³/mol. The fraction of sp³-hybridized carbons (Fsp3) is 0.600. The van der Waals surface area contributed by atoms with Crippen molar-refractivity contribution in [1.82, 2.24) is 14.5 Å². The van der Waals surface area contributed by atoms with E-state index in [2.05, 4.69) is 40.7 Å². The normalized spacial score (nSPS) is 25.8. The molecule has 5 rings (SSSR count). The summed E-state index contributed by atoms with van der Waals surface area (Å²) in [5, 5.41) is 0. The first kappa shape index (κ1) is 19.8. The van der Waals surface area contributed by atoms with Gasteiger partial charge < -0.3 is 14.2 Å². The molecule has 3 heterocycles. The number of imidazole rings is 1. The van der Waals surface area contributed by atoms with Gasteiger partial charge in [0.15, 0.2) is 0 Å². The minimum atomic E-state index is 0.0883. The van der Waals surface area contributed by atoms with Crippen LogP contribution < -0.4 is 0 Å². The molecule has 2 saturated heterocycles. The van der Waals surface area contributed by atoms with Crippen molar-refractivity contribution >= 4 is 5.91 Å². The van der Waals surface area contributed by atoms with Crippen LogP contribution in [0.4, 0.5) is 0 Å². The number of amides is 1. The molecule has 1 unspecified atom stereocenters. The van der Waals surface area contributed by atoms with E-state index in [0.717, 1.165) is 26.0 Å². The van der Waals surface area contributed by atoms with E-state index in [4.69, 9.17) is 4.74 Å². The van der Waals surface area contributed by atoms with Crippen LogP contribution in [0, 0.1) is 5.92 Å². The molecule has 3 fully saturated rings. The Hall–Kier alpha value is -2.14. The lowest BCUT2D eigenvalue weighted by atomic mass is 9.87. The highest BCUT2D eigenvalue weighted by Crippen LogP contribution is 2.38. The van der Waals surface area contributed by atoms with Crippen LogP contribution in [-0.4, -0.2) is 46.2 Å². The van der Waals surface area contributed by atoms with Crippen molar-refractivity contribution in [2.24, 2.45) is 5.92 Å². The highest BCUT2D eigenvalue weighted by Gasteiger charge is 2.35. The predicted octanol–water partition coefficient (Wildman–Crippen LogP) is 4.79. The SMILES string of the molecule is C[C@@H](c1ccccc1C1CCCC1)n1cncc1C(=O)N1CCC2CCCO[C@@H]2C1. The van der Waals surface area contributed by atoms with Crippen molar-refractivity contribution in [3.63, 3.8) is 0 Å². The molecule has 3 atom stereocenters. The summed E-state index contributed by atoms with van der Waals surface area (Å²) in [5.41, 5.74) is 3.47. The number of likely N-dealkylation sites (tertiary alicyclic amines) is 1. The Morgan fingerprint density at radius 3 is 2.83 bits per heavy atom. The fourth-order valence-electron chi connectivity index (χ4n) is 5.84.